The molecule has 0 unspecified atom stereocenters. The van der Waals surface area contributed by atoms with Gasteiger partial charge in [-0.05, 0) is 57.2 Å². The molecule has 2 aliphatic rings. The van der Waals surface area contributed by atoms with Gasteiger partial charge in [-0.1, -0.05) is 24.6 Å². The average Bonchev–Trinajstić information content (AvgIpc) is 2.58. The van der Waals surface area contributed by atoms with Crippen molar-refractivity contribution in [1.82, 2.24) is 9.80 Å². The summed E-state index contributed by atoms with van der Waals surface area (Å²) in [4.78, 5) is 17.1. The molecule has 4 nitrogen and oxygen atoms in total. The van der Waals surface area contributed by atoms with E-state index < -0.39 is 0 Å². The van der Waals surface area contributed by atoms with Gasteiger partial charge >= 0.3 is 6.03 Å². The van der Waals surface area contributed by atoms with Gasteiger partial charge in [0, 0.05) is 31.4 Å². The Morgan fingerprint density at radius 2 is 1.96 bits per heavy atom. The minimum absolute atomic E-state index is 0.0487. The maximum Gasteiger partial charge on any atom is 0.321 e. The first-order chi connectivity index (χ1) is 11.2. The lowest BCUT2D eigenvalue weighted by atomic mass is 9.95. The zero-order valence-electron chi connectivity index (χ0n) is 14.2. The second-order valence-electron chi connectivity index (χ2n) is 7.09. The van der Waals surface area contributed by atoms with E-state index >= 15 is 0 Å². The molecule has 2 amide bonds. The van der Waals surface area contributed by atoms with Gasteiger partial charge in [-0.25, -0.2) is 4.79 Å². The zero-order valence-corrected chi connectivity index (χ0v) is 14.2. The van der Waals surface area contributed by atoms with Crippen molar-refractivity contribution in [2.45, 2.75) is 45.1 Å². The summed E-state index contributed by atoms with van der Waals surface area (Å²) in [5.74, 6) is 0.617. The molecule has 4 heteroatoms. The number of urea groups is 1. The Morgan fingerprint density at radius 1 is 1.13 bits per heavy atom. The second kappa shape index (κ2) is 7.82. The number of hydrogen-bond acceptors (Lipinski definition) is 2. The lowest BCUT2D eigenvalue weighted by Crippen LogP contribution is -2.47. The third kappa shape index (κ3) is 4.47. The molecular formula is C19H29N3O. The fourth-order valence-corrected chi connectivity index (χ4v) is 3.88. The first-order valence-corrected chi connectivity index (χ1v) is 9.07. The Hall–Kier alpha value is -1.55. The van der Waals surface area contributed by atoms with Crippen LogP contribution in [0.4, 0.5) is 10.5 Å². The minimum atomic E-state index is 0.0487. The predicted octanol–water partition coefficient (Wildman–Crippen LogP) is 3.80. The molecule has 1 N–H and O–H groups in total. The molecule has 1 aromatic carbocycles. The topological polar surface area (TPSA) is 35.6 Å². The number of hydrogen-bond donors (Lipinski definition) is 1. The number of amides is 2. The van der Waals surface area contributed by atoms with E-state index in [9.17, 15) is 4.79 Å². The lowest BCUT2D eigenvalue weighted by Gasteiger charge is -2.39. The van der Waals surface area contributed by atoms with Gasteiger partial charge < -0.3 is 15.1 Å². The molecule has 23 heavy (non-hydrogen) atoms. The van der Waals surface area contributed by atoms with Crippen molar-refractivity contribution in [3.05, 3.63) is 30.3 Å². The maximum absolute atomic E-state index is 12.5. The number of piperidine rings is 2. The summed E-state index contributed by atoms with van der Waals surface area (Å²) in [5.41, 5.74) is 0.879. The van der Waals surface area contributed by atoms with Gasteiger partial charge in [-0.3, -0.25) is 0 Å². The van der Waals surface area contributed by atoms with E-state index in [0.29, 0.717) is 12.0 Å². The predicted molar refractivity (Wildman–Crippen MR) is 94.6 cm³/mol. The number of benzene rings is 1. The molecule has 0 spiro atoms. The Labute approximate surface area is 139 Å². The standard InChI is InChI=1S/C19H29N3O/c1-16-8-5-6-12-21(16)14-17-9-7-13-22(15-17)19(23)20-18-10-3-2-4-11-18/h2-4,10-11,16-17H,5-9,12-15H2,1H3,(H,20,23)/t16-,17+/m1/s1. The van der Waals surface area contributed by atoms with Gasteiger partial charge in [0.05, 0.1) is 0 Å². The van der Waals surface area contributed by atoms with E-state index in [2.05, 4.69) is 17.1 Å². The van der Waals surface area contributed by atoms with Crippen LogP contribution in [0.1, 0.15) is 39.0 Å². The quantitative estimate of drug-likeness (QED) is 0.921. The third-order valence-corrected chi connectivity index (χ3v) is 5.26. The van der Waals surface area contributed by atoms with Gasteiger partial charge in [0.25, 0.3) is 0 Å². The number of carbonyl (C=O) groups excluding carboxylic acids is 1. The zero-order chi connectivity index (χ0) is 16.1. The molecular weight excluding hydrogens is 286 g/mol. The van der Waals surface area contributed by atoms with Crippen LogP contribution in [-0.4, -0.2) is 48.1 Å². The summed E-state index contributed by atoms with van der Waals surface area (Å²) in [6.07, 6.45) is 6.39. The lowest BCUT2D eigenvalue weighted by molar-refractivity contribution is 0.104. The van der Waals surface area contributed by atoms with Crippen LogP contribution in [0.5, 0.6) is 0 Å². The fraction of sp³-hybridized carbons (Fsp3) is 0.632. The smallest absolute Gasteiger partial charge is 0.321 e. The highest BCUT2D eigenvalue weighted by Crippen LogP contribution is 2.23. The number of carbonyl (C=O) groups is 1. The molecule has 0 bridgehead atoms. The molecule has 0 aliphatic carbocycles. The summed E-state index contributed by atoms with van der Waals surface area (Å²) in [7, 11) is 0. The average molecular weight is 315 g/mol. The molecule has 2 saturated heterocycles. The highest BCUT2D eigenvalue weighted by molar-refractivity contribution is 5.89. The first kappa shape index (κ1) is 16.3. The minimum Gasteiger partial charge on any atom is -0.324 e. The summed E-state index contributed by atoms with van der Waals surface area (Å²) in [5, 5.41) is 3.02. The van der Waals surface area contributed by atoms with E-state index in [1.54, 1.807) is 0 Å². The van der Waals surface area contributed by atoms with Gasteiger partial charge in [0.2, 0.25) is 0 Å². The SMILES string of the molecule is C[C@@H]1CCCCN1C[C@@H]1CCCN(C(=O)Nc2ccccc2)C1. The molecule has 0 radical (unpaired) electrons. The van der Waals surface area contributed by atoms with E-state index in [0.717, 1.165) is 31.7 Å². The molecule has 3 rings (SSSR count). The number of nitrogens with zero attached hydrogens (tertiary/aromatic N) is 2. The van der Waals surface area contributed by atoms with Gasteiger partial charge in [-0.2, -0.15) is 0 Å². The van der Waals surface area contributed by atoms with E-state index in [4.69, 9.17) is 0 Å². The molecule has 2 atom stereocenters. The van der Waals surface area contributed by atoms with Crippen LogP contribution in [0, 0.1) is 5.92 Å². The number of likely N-dealkylation sites (tertiary alicyclic amines) is 2. The maximum atomic E-state index is 12.5. The van der Waals surface area contributed by atoms with Crippen molar-refractivity contribution in [3.8, 4) is 0 Å². The van der Waals surface area contributed by atoms with Crippen molar-refractivity contribution in [3.63, 3.8) is 0 Å². The van der Waals surface area contributed by atoms with Crippen LogP contribution < -0.4 is 5.32 Å². The molecule has 2 fully saturated rings. The highest BCUT2D eigenvalue weighted by atomic mass is 16.2. The molecule has 0 aromatic heterocycles. The monoisotopic (exact) mass is 315 g/mol. The summed E-state index contributed by atoms with van der Waals surface area (Å²) < 4.78 is 0. The van der Waals surface area contributed by atoms with Crippen LogP contribution >= 0.6 is 0 Å². The van der Waals surface area contributed by atoms with Crippen molar-refractivity contribution in [2.24, 2.45) is 5.92 Å². The number of nitrogens with one attached hydrogen (secondary N) is 1. The Balaban J connectivity index is 1.52. The van der Waals surface area contributed by atoms with E-state index in [1.807, 2.05) is 35.2 Å². The van der Waals surface area contributed by atoms with Crippen LogP contribution in [0.2, 0.25) is 0 Å². The van der Waals surface area contributed by atoms with Crippen LogP contribution in [0.15, 0.2) is 30.3 Å². The van der Waals surface area contributed by atoms with Gasteiger partial charge in [-0.15, -0.1) is 0 Å². The molecule has 2 heterocycles. The van der Waals surface area contributed by atoms with Gasteiger partial charge in [0.15, 0.2) is 0 Å². The number of para-hydroxylation sites is 1. The van der Waals surface area contributed by atoms with Crippen LogP contribution in [0.25, 0.3) is 0 Å². The first-order valence-electron chi connectivity index (χ1n) is 9.07. The summed E-state index contributed by atoms with van der Waals surface area (Å²) >= 11 is 0. The van der Waals surface area contributed by atoms with Crippen LogP contribution in [-0.2, 0) is 0 Å². The van der Waals surface area contributed by atoms with Crippen molar-refractivity contribution >= 4 is 11.7 Å². The van der Waals surface area contributed by atoms with Crippen molar-refractivity contribution in [1.29, 1.82) is 0 Å². The Bertz CT molecular complexity index is 505. The molecule has 0 saturated carbocycles. The molecule has 1 aromatic rings. The molecule has 126 valence electrons. The largest absolute Gasteiger partial charge is 0.324 e. The highest BCUT2D eigenvalue weighted by Gasteiger charge is 2.27. The normalized spacial score (nSPS) is 26.0. The van der Waals surface area contributed by atoms with Crippen LogP contribution in [0.3, 0.4) is 0 Å². The molecule has 2 aliphatic heterocycles. The van der Waals surface area contributed by atoms with E-state index in [1.165, 1.54) is 32.2 Å². The van der Waals surface area contributed by atoms with E-state index in [-0.39, 0.29) is 6.03 Å². The fourth-order valence-electron chi connectivity index (χ4n) is 3.88. The van der Waals surface area contributed by atoms with Gasteiger partial charge in [0.1, 0.15) is 0 Å². The van der Waals surface area contributed by atoms with Crippen molar-refractivity contribution in [2.75, 3.05) is 31.5 Å². The summed E-state index contributed by atoms with van der Waals surface area (Å²) in [6, 6.07) is 10.5. The third-order valence-electron chi connectivity index (χ3n) is 5.26. The summed E-state index contributed by atoms with van der Waals surface area (Å²) in [6.45, 7) is 6.50. The number of rotatable bonds is 3. The number of anilines is 1. The Kier molecular flexibility index (Phi) is 5.55. The Morgan fingerprint density at radius 3 is 2.74 bits per heavy atom. The van der Waals surface area contributed by atoms with Crippen molar-refractivity contribution < 1.29 is 4.79 Å². The second-order valence-corrected chi connectivity index (χ2v) is 7.09.